The largest absolute Gasteiger partial charge is 0.414 e. The third kappa shape index (κ3) is 4.54. The van der Waals surface area contributed by atoms with Crippen LogP contribution in [-0.4, -0.2) is 47.7 Å². The van der Waals surface area contributed by atoms with Gasteiger partial charge in [0.25, 0.3) is 0 Å². The van der Waals surface area contributed by atoms with Gasteiger partial charge in [-0.15, -0.1) is 11.8 Å². The molecule has 0 bridgehead atoms. The van der Waals surface area contributed by atoms with Gasteiger partial charge in [-0.3, -0.25) is 0 Å². The number of aliphatic hydroxyl groups excluding tert-OH is 1. The monoisotopic (exact) mass is 348 g/mol. The average molecular weight is 348 g/mol. The highest BCUT2D eigenvalue weighted by Crippen LogP contribution is 2.32. The fourth-order valence-corrected chi connectivity index (χ4v) is 3.18. The minimum absolute atomic E-state index is 0.137. The number of thioether (sulfide) groups is 1. The Morgan fingerprint density at radius 3 is 2.52 bits per heavy atom. The molecule has 1 aromatic rings. The summed E-state index contributed by atoms with van der Waals surface area (Å²) in [5, 5.41) is 12.1. The number of aliphatic hydroxyl groups is 1. The fourth-order valence-electron chi connectivity index (χ4n) is 2.63. The summed E-state index contributed by atoms with van der Waals surface area (Å²) in [5.41, 5.74) is 0.683. The minimum atomic E-state index is -4.60. The second-order valence-corrected chi connectivity index (χ2v) is 6.29. The van der Waals surface area contributed by atoms with E-state index in [-0.39, 0.29) is 32.0 Å². The fraction of sp³-hybridized carbons (Fsp3) is 0.533. The first-order chi connectivity index (χ1) is 10.8. The van der Waals surface area contributed by atoms with Gasteiger partial charge in [-0.2, -0.15) is 13.2 Å². The quantitative estimate of drug-likeness (QED) is 0.821. The number of nitrogens with zero attached hydrogens (tertiary/aromatic N) is 1. The van der Waals surface area contributed by atoms with Crippen LogP contribution in [0.2, 0.25) is 0 Å². The number of halogens is 3. The van der Waals surface area contributed by atoms with Gasteiger partial charge in [0.05, 0.1) is 5.69 Å². The van der Waals surface area contributed by atoms with Crippen LogP contribution in [0.5, 0.6) is 0 Å². The van der Waals surface area contributed by atoms with Gasteiger partial charge in [0.15, 0.2) is 6.10 Å². The Morgan fingerprint density at radius 2 is 1.96 bits per heavy atom. The summed E-state index contributed by atoms with van der Waals surface area (Å²) < 4.78 is 37.5. The first-order valence-electron chi connectivity index (χ1n) is 7.26. The summed E-state index contributed by atoms with van der Waals surface area (Å²) >= 11 is 1.50. The van der Waals surface area contributed by atoms with Gasteiger partial charge in [-0.25, -0.2) is 4.79 Å². The van der Waals surface area contributed by atoms with Crippen molar-refractivity contribution in [3.8, 4) is 0 Å². The van der Waals surface area contributed by atoms with E-state index < -0.39 is 18.2 Å². The van der Waals surface area contributed by atoms with Gasteiger partial charge in [0, 0.05) is 18.0 Å². The van der Waals surface area contributed by atoms with Crippen LogP contribution in [0.1, 0.15) is 12.8 Å². The number of anilines is 1. The topological polar surface area (TPSA) is 52.6 Å². The molecule has 1 heterocycles. The predicted octanol–water partition coefficient (Wildman–Crippen LogP) is 3.58. The number of carbonyl (C=O) groups is 1. The van der Waals surface area contributed by atoms with Crippen LogP contribution in [0.25, 0.3) is 0 Å². The van der Waals surface area contributed by atoms with Crippen LogP contribution in [-0.2, 0) is 0 Å². The Kier molecular flexibility index (Phi) is 5.80. The number of para-hydroxylation sites is 1. The van der Waals surface area contributed by atoms with Crippen LogP contribution in [0.15, 0.2) is 29.2 Å². The maximum absolute atomic E-state index is 12.5. The zero-order chi connectivity index (χ0) is 17.0. The summed E-state index contributed by atoms with van der Waals surface area (Å²) in [6.45, 7) is 0.399. The van der Waals surface area contributed by atoms with E-state index in [1.165, 1.54) is 16.7 Å². The smallest absolute Gasteiger partial charge is 0.383 e. The Bertz CT molecular complexity index is 546. The highest BCUT2D eigenvalue weighted by Gasteiger charge is 2.44. The summed E-state index contributed by atoms with van der Waals surface area (Å²) in [6, 6.07) is 7.01. The number of hydrogen-bond acceptors (Lipinski definition) is 3. The van der Waals surface area contributed by atoms with Gasteiger partial charge in [0.2, 0.25) is 0 Å². The molecule has 2 N–H and O–H groups in total. The highest BCUT2D eigenvalue weighted by atomic mass is 32.2. The molecule has 1 aliphatic rings. The lowest BCUT2D eigenvalue weighted by Crippen LogP contribution is -2.46. The molecular formula is C15H19F3N2O2S. The van der Waals surface area contributed by atoms with Crippen LogP contribution in [0.4, 0.5) is 23.7 Å². The number of alkyl halides is 3. The van der Waals surface area contributed by atoms with Crippen molar-refractivity contribution in [3.05, 3.63) is 24.3 Å². The number of carbonyl (C=O) groups excluding carboxylic acids is 1. The van der Waals surface area contributed by atoms with E-state index in [0.29, 0.717) is 5.69 Å². The van der Waals surface area contributed by atoms with Gasteiger partial charge < -0.3 is 15.3 Å². The number of rotatable bonds is 3. The Balaban J connectivity index is 1.91. The molecule has 1 aromatic carbocycles. The lowest BCUT2D eigenvalue weighted by molar-refractivity contribution is -0.222. The molecule has 0 saturated carbocycles. The predicted molar refractivity (Wildman–Crippen MR) is 83.6 cm³/mol. The van der Waals surface area contributed by atoms with E-state index in [2.05, 4.69) is 5.32 Å². The van der Waals surface area contributed by atoms with Gasteiger partial charge in [0.1, 0.15) is 0 Å². The molecule has 4 nitrogen and oxygen atoms in total. The summed E-state index contributed by atoms with van der Waals surface area (Å²) in [6.07, 6.45) is -4.75. The average Bonchev–Trinajstić information content (AvgIpc) is 2.54. The Labute approximate surface area is 137 Å². The molecule has 0 aromatic heterocycles. The zero-order valence-electron chi connectivity index (χ0n) is 12.6. The molecule has 2 amide bonds. The number of hydrogen-bond donors (Lipinski definition) is 2. The number of amides is 2. The molecule has 0 radical (unpaired) electrons. The molecule has 0 spiro atoms. The first-order valence-corrected chi connectivity index (χ1v) is 8.49. The van der Waals surface area contributed by atoms with E-state index in [1.807, 2.05) is 18.4 Å². The molecule has 128 valence electrons. The lowest BCUT2D eigenvalue weighted by atomic mass is 9.91. The van der Waals surface area contributed by atoms with E-state index in [9.17, 15) is 23.1 Å². The van der Waals surface area contributed by atoms with Crippen LogP contribution in [0.3, 0.4) is 0 Å². The molecule has 2 rings (SSSR count). The number of urea groups is 1. The van der Waals surface area contributed by atoms with Gasteiger partial charge in [-0.1, -0.05) is 12.1 Å². The lowest BCUT2D eigenvalue weighted by Gasteiger charge is -2.34. The second kappa shape index (κ2) is 7.44. The van der Waals surface area contributed by atoms with Gasteiger partial charge >= 0.3 is 12.2 Å². The second-order valence-electron chi connectivity index (χ2n) is 5.44. The first kappa shape index (κ1) is 17.9. The maximum Gasteiger partial charge on any atom is 0.414 e. The van der Waals surface area contributed by atoms with Crippen molar-refractivity contribution in [2.24, 2.45) is 5.92 Å². The molecule has 1 fully saturated rings. The molecule has 1 saturated heterocycles. The Morgan fingerprint density at radius 1 is 1.35 bits per heavy atom. The Hall–Kier alpha value is -1.41. The normalized spacial score (nSPS) is 17.9. The molecule has 8 heteroatoms. The van der Waals surface area contributed by atoms with Crippen molar-refractivity contribution < 1.29 is 23.1 Å². The molecular weight excluding hydrogens is 329 g/mol. The summed E-state index contributed by atoms with van der Waals surface area (Å²) in [5.74, 6) is -0.850. The summed E-state index contributed by atoms with van der Waals surface area (Å²) in [7, 11) is 0. The van der Waals surface area contributed by atoms with Crippen molar-refractivity contribution in [2.45, 2.75) is 30.0 Å². The van der Waals surface area contributed by atoms with E-state index >= 15 is 0 Å². The molecule has 1 aliphatic heterocycles. The number of benzene rings is 1. The zero-order valence-corrected chi connectivity index (χ0v) is 13.5. The van der Waals surface area contributed by atoms with Gasteiger partial charge in [-0.05, 0) is 37.1 Å². The van der Waals surface area contributed by atoms with E-state index in [1.54, 1.807) is 12.1 Å². The minimum Gasteiger partial charge on any atom is -0.383 e. The van der Waals surface area contributed by atoms with Crippen molar-refractivity contribution in [1.29, 1.82) is 0 Å². The maximum atomic E-state index is 12.5. The van der Waals surface area contributed by atoms with Crippen molar-refractivity contribution in [2.75, 3.05) is 24.7 Å². The SMILES string of the molecule is CSc1ccccc1NC(=O)N1CCC(C(O)C(F)(F)F)CC1. The molecule has 1 unspecified atom stereocenters. The van der Waals surface area contributed by atoms with Crippen molar-refractivity contribution in [1.82, 2.24) is 4.90 Å². The van der Waals surface area contributed by atoms with E-state index in [0.717, 1.165) is 4.90 Å². The highest BCUT2D eigenvalue weighted by molar-refractivity contribution is 7.98. The van der Waals surface area contributed by atoms with Crippen molar-refractivity contribution in [3.63, 3.8) is 0 Å². The van der Waals surface area contributed by atoms with Crippen LogP contribution < -0.4 is 5.32 Å². The van der Waals surface area contributed by atoms with Crippen molar-refractivity contribution >= 4 is 23.5 Å². The third-order valence-corrected chi connectivity index (χ3v) is 4.75. The molecule has 23 heavy (non-hydrogen) atoms. The molecule has 0 aliphatic carbocycles. The number of likely N-dealkylation sites (tertiary alicyclic amines) is 1. The summed E-state index contributed by atoms with van der Waals surface area (Å²) in [4.78, 5) is 14.6. The van der Waals surface area contributed by atoms with Crippen LogP contribution in [0, 0.1) is 5.92 Å². The van der Waals surface area contributed by atoms with E-state index in [4.69, 9.17) is 0 Å². The third-order valence-electron chi connectivity index (χ3n) is 3.96. The number of nitrogens with one attached hydrogen (secondary N) is 1. The molecule has 1 atom stereocenters. The number of piperidine rings is 1. The van der Waals surface area contributed by atoms with Crippen LogP contribution >= 0.6 is 11.8 Å². The standard InChI is InChI=1S/C15H19F3N2O2S/c1-23-12-5-3-2-4-11(12)19-14(22)20-8-6-10(7-9-20)13(21)15(16,17)18/h2-5,10,13,21H,6-9H2,1H3,(H,19,22).